The number of carbonyl (C=O) groups excluding carboxylic acids is 1. The number of nitrogens with zero attached hydrogens (tertiary/aromatic N) is 2. The van der Waals surface area contributed by atoms with E-state index in [0.717, 1.165) is 5.56 Å². The first kappa shape index (κ1) is 26.2. The maximum Gasteiger partial charge on any atom is 0.307 e. The van der Waals surface area contributed by atoms with E-state index in [1.807, 2.05) is 0 Å². The number of hydrogen-bond donors (Lipinski definition) is 4. The van der Waals surface area contributed by atoms with Crippen molar-refractivity contribution in [3.63, 3.8) is 0 Å². The standard InChI is InChI=1S/C23H23ClF3N5O3/c24-16-5-6-19(25)18(9-16)14-3-1-13(2-4-14)7-17(30-22(33)20-11-29-32-31-20)8-15(23(34)35)10-28-12-21(26)27/h1-6,9,11,15,17,21,28H,7-8,10,12H2,(H,30,33)(H,34,35)(H,29,31,32). The third-order valence-electron chi connectivity index (χ3n) is 5.27. The maximum absolute atomic E-state index is 14.2. The lowest BCUT2D eigenvalue weighted by atomic mass is 9.93. The average Bonchev–Trinajstić information content (AvgIpc) is 3.35. The maximum atomic E-state index is 14.2. The van der Waals surface area contributed by atoms with Crippen molar-refractivity contribution in [1.29, 1.82) is 0 Å². The molecular weight excluding hydrogens is 487 g/mol. The molecule has 0 saturated heterocycles. The van der Waals surface area contributed by atoms with Crippen LogP contribution in [0, 0.1) is 11.7 Å². The largest absolute Gasteiger partial charge is 0.481 e. The molecule has 0 saturated carbocycles. The van der Waals surface area contributed by atoms with Gasteiger partial charge >= 0.3 is 5.97 Å². The number of amides is 1. The molecule has 1 amide bonds. The number of alkyl halides is 2. The number of benzene rings is 2. The number of H-pyrrole nitrogens is 1. The topological polar surface area (TPSA) is 120 Å². The molecule has 0 fully saturated rings. The number of aliphatic carboxylic acids is 1. The van der Waals surface area contributed by atoms with Crippen LogP contribution in [0.3, 0.4) is 0 Å². The highest BCUT2D eigenvalue weighted by Crippen LogP contribution is 2.26. The van der Waals surface area contributed by atoms with Crippen molar-refractivity contribution in [2.75, 3.05) is 13.1 Å². The number of aromatic amines is 1. The van der Waals surface area contributed by atoms with Gasteiger partial charge in [0.1, 0.15) is 5.82 Å². The van der Waals surface area contributed by atoms with Crippen LogP contribution in [0.15, 0.2) is 48.7 Å². The molecule has 3 rings (SSSR count). The van der Waals surface area contributed by atoms with E-state index in [2.05, 4.69) is 26.0 Å². The Bertz CT molecular complexity index is 1130. The number of hydrogen-bond acceptors (Lipinski definition) is 5. The molecule has 12 heteroatoms. The summed E-state index contributed by atoms with van der Waals surface area (Å²) < 4.78 is 39.1. The fourth-order valence-corrected chi connectivity index (χ4v) is 3.74. The van der Waals surface area contributed by atoms with Crippen molar-refractivity contribution in [1.82, 2.24) is 26.0 Å². The highest BCUT2D eigenvalue weighted by molar-refractivity contribution is 6.30. The molecule has 1 heterocycles. The number of rotatable bonds is 12. The molecule has 0 aliphatic rings. The Balaban J connectivity index is 1.76. The lowest BCUT2D eigenvalue weighted by Gasteiger charge is -2.23. The Hall–Kier alpha value is -3.44. The molecule has 2 atom stereocenters. The molecule has 8 nitrogen and oxygen atoms in total. The van der Waals surface area contributed by atoms with E-state index in [9.17, 15) is 27.9 Å². The summed E-state index contributed by atoms with van der Waals surface area (Å²) in [5.41, 5.74) is 1.68. The monoisotopic (exact) mass is 509 g/mol. The minimum absolute atomic E-state index is 0.0180. The summed E-state index contributed by atoms with van der Waals surface area (Å²) in [7, 11) is 0. The molecule has 0 radical (unpaired) electrons. The van der Waals surface area contributed by atoms with E-state index < -0.39 is 42.6 Å². The smallest absolute Gasteiger partial charge is 0.307 e. The fraction of sp³-hybridized carbons (Fsp3) is 0.304. The fourth-order valence-electron chi connectivity index (χ4n) is 3.57. The number of carboxylic acid groups (broad SMARTS) is 1. The van der Waals surface area contributed by atoms with Crippen molar-refractivity contribution < 1.29 is 27.9 Å². The van der Waals surface area contributed by atoms with E-state index in [4.69, 9.17) is 11.6 Å². The van der Waals surface area contributed by atoms with Crippen molar-refractivity contribution in [2.45, 2.75) is 25.3 Å². The second-order valence-electron chi connectivity index (χ2n) is 7.87. The third-order valence-corrected chi connectivity index (χ3v) is 5.50. The average molecular weight is 510 g/mol. The van der Waals surface area contributed by atoms with Crippen LogP contribution in [0.1, 0.15) is 22.5 Å². The van der Waals surface area contributed by atoms with Crippen LogP contribution >= 0.6 is 11.6 Å². The second kappa shape index (κ2) is 12.3. The molecule has 2 unspecified atom stereocenters. The highest BCUT2D eigenvalue weighted by Gasteiger charge is 2.25. The lowest BCUT2D eigenvalue weighted by Crippen LogP contribution is -2.41. The zero-order valence-electron chi connectivity index (χ0n) is 18.3. The Morgan fingerprint density at radius 2 is 1.86 bits per heavy atom. The normalized spacial score (nSPS) is 12.9. The summed E-state index contributed by atoms with van der Waals surface area (Å²) in [6.07, 6.45) is -1.19. The van der Waals surface area contributed by atoms with E-state index in [-0.39, 0.29) is 25.1 Å². The van der Waals surface area contributed by atoms with Gasteiger partial charge in [-0.2, -0.15) is 15.4 Å². The Kier molecular flexibility index (Phi) is 9.21. The predicted molar refractivity (Wildman–Crippen MR) is 123 cm³/mol. The van der Waals surface area contributed by atoms with Gasteiger partial charge in [0.05, 0.1) is 18.7 Å². The van der Waals surface area contributed by atoms with Crippen LogP contribution in [0.25, 0.3) is 11.1 Å². The summed E-state index contributed by atoms with van der Waals surface area (Å²) in [5.74, 6) is -3.21. The summed E-state index contributed by atoms with van der Waals surface area (Å²) >= 11 is 5.97. The SMILES string of the molecule is O=C(NC(Cc1ccc(-c2cc(Cl)ccc2F)cc1)CC(CNCC(F)F)C(=O)O)c1cn[nH]n1. The van der Waals surface area contributed by atoms with Crippen LogP contribution in [0.5, 0.6) is 0 Å². The molecule has 35 heavy (non-hydrogen) atoms. The van der Waals surface area contributed by atoms with Crippen molar-refractivity contribution in [2.24, 2.45) is 5.92 Å². The molecule has 186 valence electrons. The van der Waals surface area contributed by atoms with Gasteiger partial charge in [0.15, 0.2) is 5.69 Å². The van der Waals surface area contributed by atoms with Crippen LogP contribution in [0.2, 0.25) is 5.02 Å². The molecule has 0 aliphatic carbocycles. The number of carbonyl (C=O) groups is 2. The van der Waals surface area contributed by atoms with Crippen LogP contribution in [0.4, 0.5) is 13.2 Å². The number of aromatic nitrogens is 3. The van der Waals surface area contributed by atoms with E-state index >= 15 is 0 Å². The van der Waals surface area contributed by atoms with Crippen LogP contribution in [-0.2, 0) is 11.2 Å². The van der Waals surface area contributed by atoms with Crippen molar-refractivity contribution in [3.05, 3.63) is 70.8 Å². The molecular formula is C23H23ClF3N5O3. The van der Waals surface area contributed by atoms with Gasteiger partial charge in [0, 0.05) is 23.2 Å². The molecule has 0 aliphatic heterocycles. The van der Waals surface area contributed by atoms with Gasteiger partial charge in [0.25, 0.3) is 12.3 Å². The molecule has 4 N–H and O–H groups in total. The van der Waals surface area contributed by atoms with Crippen molar-refractivity contribution >= 4 is 23.5 Å². The Morgan fingerprint density at radius 1 is 1.11 bits per heavy atom. The van der Waals surface area contributed by atoms with E-state index in [1.165, 1.54) is 24.4 Å². The van der Waals surface area contributed by atoms with Gasteiger partial charge in [-0.25, -0.2) is 13.2 Å². The van der Waals surface area contributed by atoms with Gasteiger partial charge < -0.3 is 15.7 Å². The Labute approximate surface area is 203 Å². The highest BCUT2D eigenvalue weighted by atomic mass is 35.5. The summed E-state index contributed by atoms with van der Waals surface area (Å²) in [5, 5.41) is 24.7. The molecule has 0 bridgehead atoms. The Morgan fingerprint density at radius 3 is 2.49 bits per heavy atom. The lowest BCUT2D eigenvalue weighted by molar-refractivity contribution is -0.142. The van der Waals surface area contributed by atoms with Gasteiger partial charge in [-0.1, -0.05) is 35.9 Å². The molecule has 0 spiro atoms. The summed E-state index contributed by atoms with van der Waals surface area (Å²) in [6.45, 7) is -0.829. The molecule has 3 aromatic rings. The van der Waals surface area contributed by atoms with Crippen molar-refractivity contribution in [3.8, 4) is 11.1 Å². The number of carboxylic acids is 1. The first-order valence-electron chi connectivity index (χ1n) is 10.7. The number of nitrogens with one attached hydrogen (secondary N) is 3. The summed E-state index contributed by atoms with van der Waals surface area (Å²) in [6, 6.07) is 10.4. The predicted octanol–water partition coefficient (Wildman–Crippen LogP) is 3.55. The van der Waals surface area contributed by atoms with Gasteiger partial charge in [-0.15, -0.1) is 0 Å². The van der Waals surface area contributed by atoms with Crippen LogP contribution < -0.4 is 10.6 Å². The molecule has 1 aromatic heterocycles. The molecule has 2 aromatic carbocycles. The first-order chi connectivity index (χ1) is 16.7. The van der Waals surface area contributed by atoms with Gasteiger partial charge in [0.2, 0.25) is 0 Å². The van der Waals surface area contributed by atoms with E-state index in [0.29, 0.717) is 16.1 Å². The van der Waals surface area contributed by atoms with Gasteiger partial charge in [-0.05, 0) is 42.2 Å². The quantitative estimate of drug-likeness (QED) is 0.296. The zero-order valence-corrected chi connectivity index (χ0v) is 19.1. The number of halogens is 4. The van der Waals surface area contributed by atoms with E-state index in [1.54, 1.807) is 24.3 Å². The zero-order chi connectivity index (χ0) is 25.4. The van der Waals surface area contributed by atoms with Crippen LogP contribution in [-0.4, -0.2) is 58.0 Å². The minimum atomic E-state index is -2.62. The van der Waals surface area contributed by atoms with Gasteiger partial charge in [-0.3, -0.25) is 9.59 Å². The second-order valence-corrected chi connectivity index (χ2v) is 8.31. The third kappa shape index (κ3) is 7.79. The first-order valence-corrected chi connectivity index (χ1v) is 11.0. The summed E-state index contributed by atoms with van der Waals surface area (Å²) in [4.78, 5) is 24.2. The minimum Gasteiger partial charge on any atom is -0.481 e.